The molecule has 1 aliphatic rings. The van der Waals surface area contributed by atoms with Gasteiger partial charge in [-0.15, -0.1) is 0 Å². The number of carboxylic acids is 1. The molecule has 24 heavy (non-hydrogen) atoms. The number of hydrogen-bond acceptors (Lipinski definition) is 4. The number of sulfonamides is 1. The summed E-state index contributed by atoms with van der Waals surface area (Å²) in [6.45, 7) is 0.337. The van der Waals surface area contributed by atoms with Crippen LogP contribution in [0.5, 0.6) is 0 Å². The summed E-state index contributed by atoms with van der Waals surface area (Å²) in [4.78, 5) is 23.4. The Bertz CT molecular complexity index is 766. The second kappa shape index (κ2) is 7.59. The quantitative estimate of drug-likeness (QED) is 0.702. The zero-order chi connectivity index (χ0) is 17.7. The van der Waals surface area contributed by atoms with E-state index in [9.17, 15) is 18.0 Å². The van der Waals surface area contributed by atoms with E-state index in [1.165, 1.54) is 12.1 Å². The Labute approximate surface area is 140 Å². The number of primary sulfonamides is 1. The van der Waals surface area contributed by atoms with Crippen molar-refractivity contribution in [1.29, 1.82) is 0 Å². The minimum Gasteiger partial charge on any atom is -0.478 e. The number of aliphatic carboxylic acids is 1. The summed E-state index contributed by atoms with van der Waals surface area (Å²) < 4.78 is 22.4. The summed E-state index contributed by atoms with van der Waals surface area (Å²) in [6, 6.07) is 6.10. The molecule has 4 N–H and O–H groups in total. The monoisotopic (exact) mass is 352 g/mol. The Morgan fingerprint density at radius 3 is 2.21 bits per heavy atom. The number of nitrogens with one attached hydrogen (secondary N) is 1. The maximum atomic E-state index is 12.2. The first-order valence-electron chi connectivity index (χ1n) is 7.64. The molecular weight excluding hydrogens is 332 g/mol. The zero-order valence-electron chi connectivity index (χ0n) is 13.1. The van der Waals surface area contributed by atoms with Gasteiger partial charge in [0.15, 0.2) is 0 Å². The number of amides is 1. The molecule has 0 aliphatic heterocycles. The van der Waals surface area contributed by atoms with Gasteiger partial charge in [0.25, 0.3) is 0 Å². The van der Waals surface area contributed by atoms with Crippen LogP contribution in [-0.2, 0) is 26.0 Å². The minimum absolute atomic E-state index is 0.0359. The largest absolute Gasteiger partial charge is 0.478 e. The summed E-state index contributed by atoms with van der Waals surface area (Å²) in [7, 11) is -3.71. The van der Waals surface area contributed by atoms with Crippen molar-refractivity contribution in [3.63, 3.8) is 0 Å². The van der Waals surface area contributed by atoms with E-state index < -0.39 is 16.0 Å². The van der Waals surface area contributed by atoms with E-state index in [0.717, 1.165) is 18.4 Å². The molecule has 2 rings (SSSR count). The maximum absolute atomic E-state index is 12.2. The van der Waals surface area contributed by atoms with Crippen molar-refractivity contribution in [2.75, 3.05) is 6.54 Å². The van der Waals surface area contributed by atoms with Gasteiger partial charge in [0.1, 0.15) is 0 Å². The predicted molar refractivity (Wildman–Crippen MR) is 87.7 cm³/mol. The van der Waals surface area contributed by atoms with Gasteiger partial charge in [0, 0.05) is 17.7 Å². The summed E-state index contributed by atoms with van der Waals surface area (Å²) in [5, 5.41) is 16.9. The topological polar surface area (TPSA) is 127 Å². The van der Waals surface area contributed by atoms with Crippen molar-refractivity contribution in [3.05, 3.63) is 41.0 Å². The molecule has 1 amide bonds. The average molecular weight is 352 g/mol. The summed E-state index contributed by atoms with van der Waals surface area (Å²) >= 11 is 0. The van der Waals surface area contributed by atoms with Gasteiger partial charge in [-0.2, -0.15) is 0 Å². The van der Waals surface area contributed by atoms with Crippen molar-refractivity contribution in [1.82, 2.24) is 5.32 Å². The molecular formula is C16H20N2O5S. The molecule has 8 heteroatoms. The van der Waals surface area contributed by atoms with Crippen molar-refractivity contribution in [2.24, 2.45) is 5.14 Å². The highest BCUT2D eigenvalue weighted by molar-refractivity contribution is 7.89. The SMILES string of the molecule is NS(=O)(=O)c1ccc(CCNC(=O)C2=C(C(=O)O)CCCC2)cc1. The average Bonchev–Trinajstić information content (AvgIpc) is 2.54. The fourth-order valence-electron chi connectivity index (χ4n) is 2.66. The standard InChI is InChI=1S/C16H20N2O5S/c17-24(22,23)12-7-5-11(6-8-12)9-10-18-15(19)13-3-1-2-4-14(13)16(20)21/h5-8H,1-4,9-10H2,(H,18,19)(H,20,21)(H2,17,22,23). The van der Waals surface area contributed by atoms with Crippen LogP contribution >= 0.6 is 0 Å². The summed E-state index contributed by atoms with van der Waals surface area (Å²) in [5.41, 5.74) is 1.41. The molecule has 0 saturated heterocycles. The Morgan fingerprint density at radius 1 is 1.08 bits per heavy atom. The lowest BCUT2D eigenvalue weighted by Gasteiger charge is -2.17. The van der Waals surface area contributed by atoms with Gasteiger partial charge >= 0.3 is 5.97 Å². The lowest BCUT2D eigenvalue weighted by Crippen LogP contribution is -2.30. The molecule has 0 unspecified atom stereocenters. The van der Waals surface area contributed by atoms with Gasteiger partial charge in [0.05, 0.1) is 4.90 Å². The molecule has 0 bridgehead atoms. The van der Waals surface area contributed by atoms with Gasteiger partial charge in [-0.05, 0) is 49.8 Å². The first-order valence-corrected chi connectivity index (χ1v) is 9.19. The van der Waals surface area contributed by atoms with E-state index in [4.69, 9.17) is 10.2 Å². The molecule has 1 aromatic rings. The Morgan fingerprint density at radius 2 is 1.67 bits per heavy atom. The highest BCUT2D eigenvalue weighted by atomic mass is 32.2. The van der Waals surface area contributed by atoms with Crippen LogP contribution in [0.1, 0.15) is 31.2 Å². The third-order valence-corrected chi connectivity index (χ3v) is 4.88. The normalized spacial score (nSPS) is 15.2. The molecule has 130 valence electrons. The molecule has 0 radical (unpaired) electrons. The van der Waals surface area contributed by atoms with Gasteiger partial charge < -0.3 is 10.4 Å². The number of nitrogens with two attached hydrogens (primary N) is 1. The second-order valence-corrected chi connectivity index (χ2v) is 7.23. The minimum atomic E-state index is -3.71. The third kappa shape index (κ3) is 4.65. The molecule has 0 saturated carbocycles. The fourth-order valence-corrected chi connectivity index (χ4v) is 3.18. The smallest absolute Gasteiger partial charge is 0.332 e. The predicted octanol–water partition coefficient (Wildman–Crippen LogP) is 0.948. The van der Waals surface area contributed by atoms with Crippen molar-refractivity contribution >= 4 is 21.9 Å². The van der Waals surface area contributed by atoms with E-state index in [1.807, 2.05) is 0 Å². The molecule has 1 aromatic carbocycles. The van der Waals surface area contributed by atoms with Gasteiger partial charge in [-0.25, -0.2) is 18.4 Å². The van der Waals surface area contributed by atoms with Crippen LogP contribution in [0.25, 0.3) is 0 Å². The van der Waals surface area contributed by atoms with Crippen LogP contribution in [0.2, 0.25) is 0 Å². The number of rotatable bonds is 6. The van der Waals surface area contributed by atoms with Gasteiger partial charge in [-0.1, -0.05) is 12.1 Å². The number of carboxylic acid groups (broad SMARTS) is 1. The van der Waals surface area contributed by atoms with Crippen LogP contribution < -0.4 is 10.5 Å². The Balaban J connectivity index is 1.94. The molecule has 0 fully saturated rings. The molecule has 1 aliphatic carbocycles. The van der Waals surface area contributed by atoms with Crippen LogP contribution in [0, 0.1) is 0 Å². The molecule has 7 nitrogen and oxygen atoms in total. The van der Waals surface area contributed by atoms with Crippen LogP contribution in [0.15, 0.2) is 40.3 Å². The van der Waals surface area contributed by atoms with E-state index in [-0.39, 0.29) is 16.4 Å². The van der Waals surface area contributed by atoms with Crippen LogP contribution in [0.3, 0.4) is 0 Å². The molecule has 0 heterocycles. The molecule has 0 spiro atoms. The summed E-state index contributed by atoms with van der Waals surface area (Å²) in [5.74, 6) is -1.37. The first kappa shape index (κ1) is 18.2. The van der Waals surface area contributed by atoms with E-state index in [2.05, 4.69) is 5.32 Å². The number of carbonyl (C=O) groups is 2. The zero-order valence-corrected chi connectivity index (χ0v) is 13.9. The number of hydrogen-bond donors (Lipinski definition) is 3. The van der Waals surface area contributed by atoms with Crippen molar-refractivity contribution in [3.8, 4) is 0 Å². The summed E-state index contributed by atoms with van der Waals surface area (Å²) in [6.07, 6.45) is 3.01. The first-order chi connectivity index (χ1) is 11.3. The maximum Gasteiger partial charge on any atom is 0.332 e. The van der Waals surface area contributed by atoms with E-state index in [1.54, 1.807) is 12.1 Å². The highest BCUT2D eigenvalue weighted by Gasteiger charge is 2.23. The van der Waals surface area contributed by atoms with Crippen LogP contribution in [-0.4, -0.2) is 31.9 Å². The van der Waals surface area contributed by atoms with Gasteiger partial charge in [-0.3, -0.25) is 4.79 Å². The third-order valence-electron chi connectivity index (χ3n) is 3.95. The second-order valence-electron chi connectivity index (χ2n) is 5.66. The fraction of sp³-hybridized carbons (Fsp3) is 0.375. The van der Waals surface area contributed by atoms with E-state index >= 15 is 0 Å². The van der Waals surface area contributed by atoms with Crippen LogP contribution in [0.4, 0.5) is 0 Å². The van der Waals surface area contributed by atoms with Crippen molar-refractivity contribution < 1.29 is 23.1 Å². The number of carbonyl (C=O) groups excluding carboxylic acids is 1. The Kier molecular flexibility index (Phi) is 5.74. The van der Waals surface area contributed by atoms with Gasteiger partial charge in [0.2, 0.25) is 15.9 Å². The molecule has 0 atom stereocenters. The Hall–Kier alpha value is -2.19. The highest BCUT2D eigenvalue weighted by Crippen LogP contribution is 2.25. The molecule has 0 aromatic heterocycles. The van der Waals surface area contributed by atoms with Crippen molar-refractivity contribution in [2.45, 2.75) is 37.0 Å². The lowest BCUT2D eigenvalue weighted by molar-refractivity contribution is -0.133. The van der Waals surface area contributed by atoms with E-state index in [0.29, 0.717) is 31.4 Å². The number of benzene rings is 1. The lowest BCUT2D eigenvalue weighted by atomic mass is 9.91.